The number of alkyl halides is 3. The van der Waals surface area contributed by atoms with Gasteiger partial charge in [0.05, 0.1) is 11.6 Å². The fraction of sp³-hybridized carbons (Fsp3) is 0.611. The Bertz CT molecular complexity index is 642. The third kappa shape index (κ3) is 5.52. The number of halogens is 3. The molecule has 1 aromatic carbocycles. The Morgan fingerprint density at radius 2 is 2.00 bits per heavy atom. The Morgan fingerprint density at radius 3 is 2.62 bits per heavy atom. The molecule has 0 spiro atoms. The number of carbonyl (C=O) groups is 1. The maximum absolute atomic E-state index is 12.9. The summed E-state index contributed by atoms with van der Waals surface area (Å²) in [5.74, 6) is 0.162. The van der Waals surface area contributed by atoms with Crippen LogP contribution in [0.2, 0.25) is 0 Å². The zero-order valence-corrected chi connectivity index (χ0v) is 15.4. The van der Waals surface area contributed by atoms with E-state index in [9.17, 15) is 18.0 Å². The van der Waals surface area contributed by atoms with Gasteiger partial charge in [0.1, 0.15) is 18.0 Å². The Morgan fingerprint density at radius 1 is 1.31 bits per heavy atom. The molecule has 146 valence electrons. The highest BCUT2D eigenvalue weighted by Crippen LogP contribution is 2.33. The average Bonchev–Trinajstić information content (AvgIpc) is 2.51. The summed E-state index contributed by atoms with van der Waals surface area (Å²) in [6.45, 7) is 8.66. The van der Waals surface area contributed by atoms with Crippen LogP contribution in [-0.2, 0) is 10.9 Å². The minimum absolute atomic E-state index is 0.0778. The Balaban J connectivity index is 2.08. The number of hydrogen-bond acceptors (Lipinski definition) is 4. The molecule has 0 saturated carbocycles. The maximum atomic E-state index is 12.9. The molecule has 0 aromatic heterocycles. The van der Waals surface area contributed by atoms with Crippen LogP contribution in [0.1, 0.15) is 31.9 Å². The van der Waals surface area contributed by atoms with Crippen LogP contribution in [0, 0.1) is 6.92 Å². The van der Waals surface area contributed by atoms with Crippen molar-refractivity contribution in [3.05, 3.63) is 29.3 Å². The first-order chi connectivity index (χ1) is 12.0. The molecule has 1 fully saturated rings. The third-order valence-corrected chi connectivity index (χ3v) is 3.92. The Kier molecular flexibility index (Phi) is 6.05. The predicted molar refractivity (Wildman–Crippen MR) is 91.3 cm³/mol. The quantitative estimate of drug-likeness (QED) is 0.878. The molecule has 0 unspecified atom stereocenters. The molecule has 1 saturated heterocycles. The van der Waals surface area contributed by atoms with Crippen molar-refractivity contribution in [3.8, 4) is 5.75 Å². The number of nitrogens with zero attached hydrogens (tertiary/aromatic N) is 1. The van der Waals surface area contributed by atoms with Crippen LogP contribution >= 0.6 is 0 Å². The number of benzene rings is 1. The standard InChI is InChI=1S/C18H25F3N2O3/c1-12-5-6-13(18(19,20)21)9-15(12)25-11-14-10-22-7-8-23(14)16(24)26-17(2,3)4/h5-6,9,14,22H,7-8,10-11H2,1-4H3/t14-/m0/s1. The van der Waals surface area contributed by atoms with Gasteiger partial charge in [0.15, 0.2) is 0 Å². The monoisotopic (exact) mass is 374 g/mol. The summed E-state index contributed by atoms with van der Waals surface area (Å²) in [7, 11) is 0. The highest BCUT2D eigenvalue weighted by molar-refractivity contribution is 5.68. The van der Waals surface area contributed by atoms with Crippen LogP contribution in [0.5, 0.6) is 5.75 Å². The van der Waals surface area contributed by atoms with Crippen LogP contribution < -0.4 is 10.1 Å². The van der Waals surface area contributed by atoms with Crippen LogP contribution in [0.4, 0.5) is 18.0 Å². The van der Waals surface area contributed by atoms with Crippen LogP contribution in [0.3, 0.4) is 0 Å². The van der Waals surface area contributed by atoms with E-state index in [0.717, 1.165) is 12.1 Å². The van der Waals surface area contributed by atoms with Gasteiger partial charge in [-0.05, 0) is 45.4 Å². The molecule has 1 N–H and O–H groups in total. The number of nitrogens with one attached hydrogen (secondary N) is 1. The van der Waals surface area contributed by atoms with Crippen LogP contribution in [0.15, 0.2) is 18.2 Å². The van der Waals surface area contributed by atoms with Gasteiger partial charge in [-0.1, -0.05) is 6.07 Å². The molecule has 5 nitrogen and oxygen atoms in total. The lowest BCUT2D eigenvalue weighted by atomic mass is 10.1. The molecule has 26 heavy (non-hydrogen) atoms. The van der Waals surface area contributed by atoms with Crippen molar-refractivity contribution in [2.45, 2.75) is 45.5 Å². The van der Waals surface area contributed by atoms with Gasteiger partial charge in [-0.3, -0.25) is 4.90 Å². The first-order valence-corrected chi connectivity index (χ1v) is 8.48. The van der Waals surface area contributed by atoms with Gasteiger partial charge in [0.25, 0.3) is 0 Å². The molecule has 1 aliphatic rings. The van der Waals surface area contributed by atoms with Gasteiger partial charge in [-0.2, -0.15) is 13.2 Å². The second-order valence-electron chi connectivity index (χ2n) is 7.32. The van der Waals surface area contributed by atoms with E-state index in [4.69, 9.17) is 9.47 Å². The molecule has 1 heterocycles. The normalized spacial score (nSPS) is 18.6. The van der Waals surface area contributed by atoms with E-state index in [2.05, 4.69) is 5.32 Å². The molecule has 1 atom stereocenters. The van der Waals surface area contributed by atoms with E-state index in [1.807, 2.05) is 0 Å². The van der Waals surface area contributed by atoms with Gasteiger partial charge < -0.3 is 14.8 Å². The van der Waals surface area contributed by atoms with Crippen molar-refractivity contribution in [1.29, 1.82) is 0 Å². The van der Waals surface area contributed by atoms with E-state index in [0.29, 0.717) is 25.2 Å². The summed E-state index contributed by atoms with van der Waals surface area (Å²) in [6.07, 6.45) is -4.88. The minimum Gasteiger partial charge on any atom is -0.491 e. The van der Waals surface area contributed by atoms with Crippen molar-refractivity contribution in [2.75, 3.05) is 26.2 Å². The van der Waals surface area contributed by atoms with Gasteiger partial charge in [-0.25, -0.2) is 4.79 Å². The van der Waals surface area contributed by atoms with Crippen LogP contribution in [-0.4, -0.2) is 48.9 Å². The fourth-order valence-corrected chi connectivity index (χ4v) is 2.59. The number of amides is 1. The lowest BCUT2D eigenvalue weighted by molar-refractivity contribution is -0.137. The fourth-order valence-electron chi connectivity index (χ4n) is 2.59. The van der Waals surface area contributed by atoms with Crippen molar-refractivity contribution in [2.24, 2.45) is 0 Å². The summed E-state index contributed by atoms with van der Waals surface area (Å²) >= 11 is 0. The zero-order valence-electron chi connectivity index (χ0n) is 15.4. The number of rotatable bonds is 3. The molecule has 2 rings (SSSR count). The largest absolute Gasteiger partial charge is 0.491 e. The van der Waals surface area contributed by atoms with Gasteiger partial charge in [0.2, 0.25) is 0 Å². The summed E-state index contributed by atoms with van der Waals surface area (Å²) in [5.41, 5.74) is -0.778. The Labute approximate surface area is 151 Å². The van der Waals surface area contributed by atoms with Crippen molar-refractivity contribution >= 4 is 6.09 Å². The van der Waals surface area contributed by atoms with Crippen LogP contribution in [0.25, 0.3) is 0 Å². The van der Waals surface area contributed by atoms with Gasteiger partial charge >= 0.3 is 12.3 Å². The number of piperazine rings is 1. The smallest absolute Gasteiger partial charge is 0.416 e. The summed E-state index contributed by atoms with van der Waals surface area (Å²) in [4.78, 5) is 13.9. The van der Waals surface area contributed by atoms with E-state index in [1.165, 1.54) is 6.07 Å². The summed E-state index contributed by atoms with van der Waals surface area (Å²) < 4.78 is 49.7. The molecule has 0 radical (unpaired) electrons. The average molecular weight is 374 g/mol. The maximum Gasteiger partial charge on any atom is 0.416 e. The predicted octanol–water partition coefficient (Wildman–Crippen LogP) is 3.60. The highest BCUT2D eigenvalue weighted by Gasteiger charge is 2.33. The molecule has 1 aromatic rings. The molecular weight excluding hydrogens is 349 g/mol. The number of aryl methyl sites for hydroxylation is 1. The number of carbonyl (C=O) groups excluding carboxylic acids is 1. The van der Waals surface area contributed by atoms with Gasteiger partial charge in [-0.15, -0.1) is 0 Å². The first kappa shape index (κ1) is 20.4. The van der Waals surface area contributed by atoms with Gasteiger partial charge in [0, 0.05) is 19.6 Å². The third-order valence-electron chi connectivity index (χ3n) is 3.92. The van der Waals surface area contributed by atoms with E-state index in [-0.39, 0.29) is 18.4 Å². The van der Waals surface area contributed by atoms with E-state index < -0.39 is 23.4 Å². The van der Waals surface area contributed by atoms with Crippen molar-refractivity contribution in [1.82, 2.24) is 10.2 Å². The number of hydrogen-bond donors (Lipinski definition) is 1. The van der Waals surface area contributed by atoms with Crippen molar-refractivity contribution in [3.63, 3.8) is 0 Å². The zero-order chi connectivity index (χ0) is 19.5. The molecule has 0 bridgehead atoms. The molecule has 8 heteroatoms. The minimum atomic E-state index is -4.43. The summed E-state index contributed by atoms with van der Waals surface area (Å²) in [6, 6.07) is 3.07. The van der Waals surface area contributed by atoms with E-state index >= 15 is 0 Å². The first-order valence-electron chi connectivity index (χ1n) is 8.48. The van der Waals surface area contributed by atoms with Crippen molar-refractivity contribution < 1.29 is 27.4 Å². The van der Waals surface area contributed by atoms with E-state index in [1.54, 1.807) is 32.6 Å². The highest BCUT2D eigenvalue weighted by atomic mass is 19.4. The molecule has 0 aliphatic carbocycles. The second kappa shape index (κ2) is 7.73. The molecule has 1 amide bonds. The lowest BCUT2D eigenvalue weighted by Crippen LogP contribution is -2.56. The lowest BCUT2D eigenvalue weighted by Gasteiger charge is -2.37. The number of ether oxygens (including phenoxy) is 2. The SMILES string of the molecule is Cc1ccc(C(F)(F)F)cc1OC[C@@H]1CNCCN1C(=O)OC(C)(C)C. The second-order valence-corrected chi connectivity index (χ2v) is 7.32. The molecular formula is C18H25F3N2O3. The topological polar surface area (TPSA) is 50.8 Å². The summed E-state index contributed by atoms with van der Waals surface area (Å²) in [5, 5.41) is 3.16. The Hall–Kier alpha value is -1.96. The molecule has 1 aliphatic heterocycles.